The molecule has 0 fully saturated rings. The number of nitriles is 1. The van der Waals surface area contributed by atoms with Gasteiger partial charge in [-0.1, -0.05) is 0 Å². The van der Waals surface area contributed by atoms with Crippen LogP contribution in [-0.2, 0) is 0 Å². The maximum Gasteiger partial charge on any atom is 0.195 e. The van der Waals surface area contributed by atoms with E-state index in [9.17, 15) is 0 Å². The summed E-state index contributed by atoms with van der Waals surface area (Å²) in [6.07, 6.45) is 0.577. The van der Waals surface area contributed by atoms with Crippen molar-refractivity contribution in [1.29, 1.82) is 5.26 Å². The quantitative estimate of drug-likeness (QED) is 0.805. The number of nitrogens with zero attached hydrogens (tertiary/aromatic N) is 2. The van der Waals surface area contributed by atoms with Gasteiger partial charge >= 0.3 is 0 Å². The number of ether oxygens (including phenoxy) is 1. The fourth-order valence-electron chi connectivity index (χ4n) is 1.31. The minimum Gasteiger partial charge on any atom is -0.493 e. The summed E-state index contributed by atoms with van der Waals surface area (Å²) in [5.41, 5.74) is 0.812. The fraction of sp³-hybridized carbons (Fsp3) is 0.273. The van der Waals surface area contributed by atoms with Gasteiger partial charge in [0.05, 0.1) is 16.8 Å². The summed E-state index contributed by atoms with van der Waals surface area (Å²) in [5, 5.41) is 9.20. The molecule has 0 unspecified atom stereocenters. The van der Waals surface area contributed by atoms with Crippen molar-refractivity contribution in [3.63, 3.8) is 0 Å². The Labute approximate surface area is 113 Å². The molecule has 0 spiro atoms. The number of hydrogen-bond acceptors (Lipinski definition) is 4. The lowest BCUT2D eigenvalue weighted by molar-refractivity contribution is 0.316. The lowest BCUT2D eigenvalue weighted by atomic mass is 10.3. The van der Waals surface area contributed by atoms with Crippen LogP contribution < -0.4 is 4.74 Å². The standard InChI is InChI=1S/C11H8Cl2N2OS/c12-10(13)3-4-16-7-1-2-8-9(5-7)17-11(6-14)15-8/h1-2,5,10H,3-4H2. The molecular weight excluding hydrogens is 279 g/mol. The largest absolute Gasteiger partial charge is 0.493 e. The van der Waals surface area contributed by atoms with Gasteiger partial charge in [0.2, 0.25) is 0 Å². The number of aromatic nitrogens is 1. The van der Waals surface area contributed by atoms with Crippen LogP contribution in [0.2, 0.25) is 0 Å². The molecule has 0 amide bonds. The molecule has 0 N–H and O–H groups in total. The van der Waals surface area contributed by atoms with Crippen LogP contribution in [-0.4, -0.2) is 16.4 Å². The Bertz CT molecular complexity index is 562. The summed E-state index contributed by atoms with van der Waals surface area (Å²) in [6, 6.07) is 7.55. The number of rotatable bonds is 4. The number of alkyl halides is 2. The van der Waals surface area contributed by atoms with E-state index in [-0.39, 0.29) is 0 Å². The van der Waals surface area contributed by atoms with Crippen LogP contribution in [0.25, 0.3) is 10.2 Å². The molecule has 0 radical (unpaired) electrons. The molecule has 0 saturated heterocycles. The molecule has 3 nitrogen and oxygen atoms in total. The fourth-order valence-corrected chi connectivity index (χ4v) is 2.28. The zero-order valence-corrected chi connectivity index (χ0v) is 11.0. The van der Waals surface area contributed by atoms with Gasteiger partial charge in [0, 0.05) is 6.42 Å². The number of benzene rings is 1. The second-order valence-corrected chi connectivity index (χ2v) is 5.60. The van der Waals surface area contributed by atoms with Gasteiger partial charge in [0.1, 0.15) is 16.7 Å². The van der Waals surface area contributed by atoms with Gasteiger partial charge in [-0.2, -0.15) is 5.26 Å². The van der Waals surface area contributed by atoms with Crippen LogP contribution in [0, 0.1) is 11.3 Å². The number of thiazole rings is 1. The van der Waals surface area contributed by atoms with E-state index in [2.05, 4.69) is 4.98 Å². The maximum absolute atomic E-state index is 8.75. The van der Waals surface area contributed by atoms with Gasteiger partial charge in [0.15, 0.2) is 5.01 Å². The Morgan fingerprint density at radius 3 is 3.00 bits per heavy atom. The number of halogens is 2. The molecule has 2 aromatic rings. The monoisotopic (exact) mass is 286 g/mol. The maximum atomic E-state index is 8.75. The highest BCUT2D eigenvalue weighted by Gasteiger charge is 2.05. The topological polar surface area (TPSA) is 45.9 Å². The predicted molar refractivity (Wildman–Crippen MR) is 69.9 cm³/mol. The van der Waals surface area contributed by atoms with E-state index in [0.29, 0.717) is 18.0 Å². The molecule has 17 heavy (non-hydrogen) atoms. The Hall–Kier alpha value is -1.02. The minimum absolute atomic E-state index is 0.410. The molecule has 1 heterocycles. The van der Waals surface area contributed by atoms with E-state index in [1.807, 2.05) is 24.3 Å². The van der Waals surface area contributed by atoms with Crippen molar-refractivity contribution in [2.24, 2.45) is 0 Å². The summed E-state index contributed by atoms with van der Waals surface area (Å²) in [4.78, 5) is 3.73. The van der Waals surface area contributed by atoms with Crippen molar-refractivity contribution in [3.8, 4) is 11.8 Å². The van der Waals surface area contributed by atoms with E-state index < -0.39 is 4.84 Å². The lowest BCUT2D eigenvalue weighted by Crippen LogP contribution is -2.01. The molecule has 0 atom stereocenters. The predicted octanol–water partition coefficient (Wildman–Crippen LogP) is 3.74. The first-order valence-electron chi connectivity index (χ1n) is 4.90. The number of hydrogen-bond donors (Lipinski definition) is 0. The third-order valence-electron chi connectivity index (χ3n) is 2.06. The zero-order chi connectivity index (χ0) is 12.3. The molecule has 0 aliphatic carbocycles. The Kier molecular flexibility index (Phi) is 4.06. The number of fused-ring (bicyclic) bond motifs is 1. The van der Waals surface area contributed by atoms with Gasteiger partial charge in [0.25, 0.3) is 0 Å². The van der Waals surface area contributed by atoms with Gasteiger partial charge in [-0.3, -0.25) is 0 Å². The highest BCUT2D eigenvalue weighted by molar-refractivity contribution is 7.19. The molecule has 0 aliphatic rings. The molecule has 6 heteroatoms. The van der Waals surface area contributed by atoms with Crippen molar-refractivity contribution in [3.05, 3.63) is 23.2 Å². The van der Waals surface area contributed by atoms with Crippen molar-refractivity contribution in [2.45, 2.75) is 11.3 Å². The van der Waals surface area contributed by atoms with E-state index in [1.165, 1.54) is 11.3 Å². The van der Waals surface area contributed by atoms with Crippen LogP contribution in [0.5, 0.6) is 5.75 Å². The summed E-state index contributed by atoms with van der Waals surface area (Å²) in [7, 11) is 0. The first-order chi connectivity index (χ1) is 8.19. The van der Waals surface area contributed by atoms with Crippen LogP contribution in [0.15, 0.2) is 18.2 Å². The molecule has 0 saturated carbocycles. The molecular formula is C11H8Cl2N2OS. The van der Waals surface area contributed by atoms with Gasteiger partial charge in [-0.05, 0) is 18.2 Å². The van der Waals surface area contributed by atoms with Crippen LogP contribution in [0.4, 0.5) is 0 Å². The first kappa shape index (κ1) is 12.4. The van der Waals surface area contributed by atoms with E-state index in [1.54, 1.807) is 0 Å². The van der Waals surface area contributed by atoms with Crippen molar-refractivity contribution < 1.29 is 4.74 Å². The van der Waals surface area contributed by atoms with Crippen molar-refractivity contribution in [1.82, 2.24) is 4.98 Å². The first-order valence-corrected chi connectivity index (χ1v) is 6.59. The second-order valence-electron chi connectivity index (χ2n) is 3.29. The van der Waals surface area contributed by atoms with Crippen LogP contribution in [0.1, 0.15) is 11.4 Å². The van der Waals surface area contributed by atoms with Gasteiger partial charge < -0.3 is 4.74 Å². The lowest BCUT2D eigenvalue weighted by Gasteiger charge is -2.05. The minimum atomic E-state index is -0.410. The van der Waals surface area contributed by atoms with Crippen LogP contribution >= 0.6 is 34.5 Å². The van der Waals surface area contributed by atoms with E-state index in [0.717, 1.165) is 16.0 Å². The highest BCUT2D eigenvalue weighted by Crippen LogP contribution is 2.26. The Morgan fingerprint density at radius 2 is 2.29 bits per heavy atom. The Morgan fingerprint density at radius 1 is 1.47 bits per heavy atom. The second kappa shape index (κ2) is 5.54. The Balaban J connectivity index is 2.12. The third kappa shape index (κ3) is 3.22. The molecule has 2 rings (SSSR count). The average molecular weight is 287 g/mol. The van der Waals surface area contributed by atoms with Gasteiger partial charge in [-0.15, -0.1) is 34.5 Å². The SMILES string of the molecule is N#Cc1nc2ccc(OCCC(Cl)Cl)cc2s1. The summed E-state index contributed by atoms with van der Waals surface area (Å²) < 4.78 is 6.43. The van der Waals surface area contributed by atoms with Crippen molar-refractivity contribution >= 4 is 44.8 Å². The van der Waals surface area contributed by atoms with E-state index in [4.69, 9.17) is 33.2 Å². The summed E-state index contributed by atoms with van der Waals surface area (Å²) in [6.45, 7) is 0.465. The summed E-state index contributed by atoms with van der Waals surface area (Å²) in [5.74, 6) is 0.736. The molecule has 1 aromatic carbocycles. The van der Waals surface area contributed by atoms with Crippen LogP contribution in [0.3, 0.4) is 0 Å². The smallest absolute Gasteiger partial charge is 0.195 e. The van der Waals surface area contributed by atoms with E-state index >= 15 is 0 Å². The zero-order valence-electron chi connectivity index (χ0n) is 8.69. The molecule has 1 aromatic heterocycles. The normalized spacial score (nSPS) is 10.7. The highest BCUT2D eigenvalue weighted by atomic mass is 35.5. The summed E-state index contributed by atoms with van der Waals surface area (Å²) >= 11 is 12.6. The average Bonchev–Trinajstić information content (AvgIpc) is 2.70. The molecule has 0 aliphatic heterocycles. The van der Waals surface area contributed by atoms with Gasteiger partial charge in [-0.25, -0.2) is 4.98 Å². The third-order valence-corrected chi connectivity index (χ3v) is 3.42. The molecule has 0 bridgehead atoms. The van der Waals surface area contributed by atoms with Crippen molar-refractivity contribution in [2.75, 3.05) is 6.61 Å². The molecule has 88 valence electrons.